The highest BCUT2D eigenvalue weighted by Crippen LogP contribution is 2.27. The third-order valence-corrected chi connectivity index (χ3v) is 4.88. The molecule has 1 saturated heterocycles. The van der Waals surface area contributed by atoms with E-state index in [2.05, 4.69) is 21.8 Å². The molecule has 0 spiro atoms. The first-order valence-electron chi connectivity index (χ1n) is 5.34. The maximum absolute atomic E-state index is 6.00. The number of nitrogens with zero attached hydrogens (tertiary/aromatic N) is 3. The number of aromatic nitrogens is 2. The van der Waals surface area contributed by atoms with Gasteiger partial charge in [0.1, 0.15) is 16.4 Å². The molecule has 1 unspecified atom stereocenters. The van der Waals surface area contributed by atoms with Crippen molar-refractivity contribution in [3.05, 3.63) is 19.7 Å². The Labute approximate surface area is 124 Å². The van der Waals surface area contributed by atoms with E-state index in [1.165, 1.54) is 0 Å². The summed E-state index contributed by atoms with van der Waals surface area (Å²) < 4.78 is 6.34. The Balaban J connectivity index is 2.22. The van der Waals surface area contributed by atoms with E-state index in [1.807, 2.05) is 22.6 Å². The fourth-order valence-corrected chi connectivity index (χ4v) is 2.34. The normalized spacial score (nSPS) is 21.8. The van der Waals surface area contributed by atoms with Crippen LogP contribution in [0, 0.1) is 3.57 Å². The molecule has 0 amide bonds. The molecule has 0 radical (unpaired) electrons. The van der Waals surface area contributed by atoms with Gasteiger partial charge in [0.05, 0.1) is 10.2 Å². The average molecular weight is 388 g/mol. The molecule has 2 rings (SSSR count). The number of hydrogen-bond acceptors (Lipinski definition) is 4. The zero-order valence-electron chi connectivity index (χ0n) is 9.29. The van der Waals surface area contributed by atoms with Crippen molar-refractivity contribution < 1.29 is 4.74 Å². The zero-order chi connectivity index (χ0) is 12.4. The Morgan fingerprint density at radius 1 is 1.41 bits per heavy atom. The Bertz CT molecular complexity index is 396. The number of morpholine rings is 1. The molecule has 0 saturated carbocycles. The zero-order valence-corrected chi connectivity index (χ0v) is 13.0. The van der Waals surface area contributed by atoms with Gasteiger partial charge in [-0.3, -0.25) is 4.90 Å². The topological polar surface area (TPSA) is 38.2 Å². The molecule has 17 heavy (non-hydrogen) atoms. The lowest BCUT2D eigenvalue weighted by Crippen LogP contribution is -2.38. The first-order chi connectivity index (χ1) is 8.11. The van der Waals surface area contributed by atoms with Crippen LogP contribution in [0.15, 0.2) is 0 Å². The molecule has 4 nitrogen and oxygen atoms in total. The van der Waals surface area contributed by atoms with Gasteiger partial charge in [-0.1, -0.05) is 30.1 Å². The summed E-state index contributed by atoms with van der Waals surface area (Å²) in [6.45, 7) is 5.52. The summed E-state index contributed by atoms with van der Waals surface area (Å²) in [4.78, 5) is 10.8. The lowest BCUT2D eigenvalue weighted by Gasteiger charge is -2.31. The molecular weight excluding hydrogens is 376 g/mol. The summed E-state index contributed by atoms with van der Waals surface area (Å²) in [7, 11) is 0. The molecule has 1 aromatic rings. The predicted molar refractivity (Wildman–Crippen MR) is 75.6 cm³/mol. The molecule has 0 aliphatic carbocycles. The number of rotatable bonds is 2. The largest absolute Gasteiger partial charge is 0.368 e. The van der Waals surface area contributed by atoms with Crippen molar-refractivity contribution in [2.24, 2.45) is 0 Å². The van der Waals surface area contributed by atoms with Crippen LogP contribution >= 0.6 is 45.8 Å². The van der Waals surface area contributed by atoms with E-state index in [9.17, 15) is 0 Å². The van der Waals surface area contributed by atoms with E-state index < -0.39 is 0 Å². The summed E-state index contributed by atoms with van der Waals surface area (Å²) in [5.74, 6) is 0.568. The van der Waals surface area contributed by atoms with Gasteiger partial charge < -0.3 is 4.74 Å². The average Bonchev–Trinajstić information content (AvgIpc) is 2.35. The molecule has 1 atom stereocenters. The van der Waals surface area contributed by atoms with Crippen molar-refractivity contribution in [2.75, 3.05) is 26.2 Å². The molecule has 1 aliphatic heterocycles. The highest BCUT2D eigenvalue weighted by Gasteiger charge is 2.24. The Hall–Kier alpha value is 0.310. The molecule has 94 valence electrons. The van der Waals surface area contributed by atoms with Gasteiger partial charge in [0, 0.05) is 13.1 Å². The van der Waals surface area contributed by atoms with Crippen molar-refractivity contribution in [2.45, 2.75) is 13.0 Å². The molecule has 1 fully saturated rings. The minimum atomic E-state index is -0.143. The van der Waals surface area contributed by atoms with E-state index in [1.54, 1.807) is 0 Å². The summed E-state index contributed by atoms with van der Waals surface area (Å²) >= 11 is 14.0. The van der Waals surface area contributed by atoms with Gasteiger partial charge in [-0.05, 0) is 29.1 Å². The van der Waals surface area contributed by atoms with Crippen molar-refractivity contribution in [3.8, 4) is 0 Å². The van der Waals surface area contributed by atoms with Crippen LogP contribution in [0.4, 0.5) is 0 Å². The molecule has 1 aliphatic rings. The van der Waals surface area contributed by atoms with Gasteiger partial charge in [0.25, 0.3) is 0 Å². The van der Waals surface area contributed by atoms with Gasteiger partial charge in [-0.2, -0.15) is 0 Å². The highest BCUT2D eigenvalue weighted by atomic mass is 127. The lowest BCUT2D eigenvalue weighted by atomic mass is 10.2. The van der Waals surface area contributed by atoms with E-state index >= 15 is 0 Å². The highest BCUT2D eigenvalue weighted by molar-refractivity contribution is 14.1. The van der Waals surface area contributed by atoms with Crippen LogP contribution in [-0.4, -0.2) is 41.1 Å². The molecule has 7 heteroatoms. The molecule has 2 heterocycles. The summed E-state index contributed by atoms with van der Waals surface area (Å²) in [6.07, 6.45) is -0.143. The van der Waals surface area contributed by atoms with Crippen LogP contribution < -0.4 is 0 Å². The first-order valence-corrected chi connectivity index (χ1v) is 7.17. The quantitative estimate of drug-likeness (QED) is 0.577. The fourth-order valence-electron chi connectivity index (χ4n) is 1.70. The predicted octanol–water partition coefficient (Wildman–Crippen LogP) is 2.78. The first kappa shape index (κ1) is 13.7. The van der Waals surface area contributed by atoms with Gasteiger partial charge in [-0.25, -0.2) is 9.97 Å². The Morgan fingerprint density at radius 2 is 2.06 bits per heavy atom. The van der Waals surface area contributed by atoms with Crippen LogP contribution in [0.1, 0.15) is 18.9 Å². The van der Waals surface area contributed by atoms with Gasteiger partial charge in [-0.15, -0.1) is 0 Å². The van der Waals surface area contributed by atoms with Crippen LogP contribution in [0.25, 0.3) is 0 Å². The van der Waals surface area contributed by atoms with Gasteiger partial charge >= 0.3 is 0 Å². The minimum Gasteiger partial charge on any atom is -0.368 e. The minimum absolute atomic E-state index is 0.143. The Kier molecular flexibility index (Phi) is 4.82. The number of halogens is 3. The third-order valence-electron chi connectivity index (χ3n) is 2.67. The number of hydrogen-bond donors (Lipinski definition) is 0. The van der Waals surface area contributed by atoms with E-state index in [4.69, 9.17) is 27.9 Å². The standard InChI is InChI=1S/C10H12Cl2IN3O/c1-2-16-3-4-17-6(5-16)10-14-8(11)7(13)9(12)15-10/h6H,2-5H2,1H3. The second-order valence-electron chi connectivity index (χ2n) is 3.73. The van der Waals surface area contributed by atoms with Crippen LogP contribution in [-0.2, 0) is 4.74 Å². The number of ether oxygens (including phenoxy) is 1. The van der Waals surface area contributed by atoms with Crippen molar-refractivity contribution in [1.29, 1.82) is 0 Å². The third kappa shape index (κ3) is 3.20. The summed E-state index contributed by atoms with van der Waals surface area (Å²) in [6, 6.07) is 0. The molecule has 1 aromatic heterocycles. The number of likely N-dealkylation sites (N-methyl/N-ethyl adjacent to an activating group) is 1. The second-order valence-corrected chi connectivity index (χ2v) is 5.52. The van der Waals surface area contributed by atoms with Gasteiger partial charge in [0.15, 0.2) is 5.82 Å². The van der Waals surface area contributed by atoms with E-state index in [0.717, 1.165) is 19.6 Å². The van der Waals surface area contributed by atoms with Crippen LogP contribution in [0.5, 0.6) is 0 Å². The SMILES string of the molecule is CCN1CCOC(c2nc(Cl)c(I)c(Cl)n2)C1. The smallest absolute Gasteiger partial charge is 0.161 e. The Morgan fingerprint density at radius 3 is 2.65 bits per heavy atom. The molecule has 0 bridgehead atoms. The van der Waals surface area contributed by atoms with Crippen molar-refractivity contribution in [1.82, 2.24) is 14.9 Å². The summed E-state index contributed by atoms with van der Waals surface area (Å²) in [5, 5.41) is 0.774. The second kappa shape index (κ2) is 5.97. The van der Waals surface area contributed by atoms with Crippen LogP contribution in [0.2, 0.25) is 10.3 Å². The fraction of sp³-hybridized carbons (Fsp3) is 0.600. The molecular formula is C10H12Cl2IN3O. The summed E-state index contributed by atoms with van der Waals surface area (Å²) in [5.41, 5.74) is 0. The molecule has 0 N–H and O–H groups in total. The maximum atomic E-state index is 6.00. The van der Waals surface area contributed by atoms with E-state index in [0.29, 0.717) is 26.3 Å². The van der Waals surface area contributed by atoms with Gasteiger partial charge in [0.2, 0.25) is 0 Å². The maximum Gasteiger partial charge on any atom is 0.161 e. The lowest BCUT2D eigenvalue weighted by molar-refractivity contribution is -0.0325. The monoisotopic (exact) mass is 387 g/mol. The van der Waals surface area contributed by atoms with Crippen molar-refractivity contribution >= 4 is 45.8 Å². The van der Waals surface area contributed by atoms with Crippen molar-refractivity contribution in [3.63, 3.8) is 0 Å². The van der Waals surface area contributed by atoms with Crippen LogP contribution in [0.3, 0.4) is 0 Å². The molecule has 0 aromatic carbocycles. The van der Waals surface area contributed by atoms with E-state index in [-0.39, 0.29) is 6.10 Å².